The van der Waals surface area contributed by atoms with E-state index in [2.05, 4.69) is 10.3 Å². The highest BCUT2D eigenvalue weighted by Gasteiger charge is 2.14. The van der Waals surface area contributed by atoms with Gasteiger partial charge in [0.25, 0.3) is 0 Å². The molecule has 14 heavy (non-hydrogen) atoms. The van der Waals surface area contributed by atoms with Gasteiger partial charge in [-0.05, 0) is 43.5 Å². The van der Waals surface area contributed by atoms with Gasteiger partial charge in [0.05, 0.1) is 12.3 Å². The van der Waals surface area contributed by atoms with E-state index in [1.807, 2.05) is 12.1 Å². The van der Waals surface area contributed by atoms with Crippen molar-refractivity contribution < 1.29 is 5.11 Å². The summed E-state index contributed by atoms with van der Waals surface area (Å²) in [6, 6.07) is 4.63. The van der Waals surface area contributed by atoms with Gasteiger partial charge in [0.2, 0.25) is 0 Å². The second-order valence-corrected chi connectivity index (χ2v) is 3.81. The van der Waals surface area contributed by atoms with Crippen LogP contribution in [0.1, 0.15) is 24.1 Å². The summed E-state index contributed by atoms with van der Waals surface area (Å²) in [5, 5.41) is 12.4. The largest absolute Gasteiger partial charge is 0.390 e. The first-order chi connectivity index (χ1) is 6.88. The average molecular weight is 192 g/mol. The molecule has 0 aliphatic carbocycles. The number of nitrogens with zero attached hydrogens (tertiary/aromatic N) is 1. The fourth-order valence-corrected chi connectivity index (χ4v) is 1.96. The molecule has 0 bridgehead atoms. The van der Waals surface area contributed by atoms with E-state index in [9.17, 15) is 0 Å². The van der Waals surface area contributed by atoms with Crippen LogP contribution in [0.2, 0.25) is 0 Å². The maximum Gasteiger partial charge on any atom is 0.0853 e. The predicted molar refractivity (Wildman–Crippen MR) is 54.9 cm³/mol. The van der Waals surface area contributed by atoms with Gasteiger partial charge in [-0.25, -0.2) is 0 Å². The summed E-state index contributed by atoms with van der Waals surface area (Å²) in [7, 11) is 0. The number of hydrogen-bond donors (Lipinski definition) is 2. The Morgan fingerprint density at radius 1 is 1.57 bits per heavy atom. The molecule has 0 saturated carbocycles. The molecule has 0 spiro atoms. The van der Waals surface area contributed by atoms with E-state index in [-0.39, 0.29) is 6.61 Å². The standard InChI is InChI=1S/C11H16N2O/c14-8-11-7-9(3-5-13-11)6-10-2-1-4-12-10/h3,5,7,10,12,14H,1-2,4,6,8H2. The van der Waals surface area contributed by atoms with Crippen LogP contribution in [-0.2, 0) is 13.0 Å². The molecule has 1 unspecified atom stereocenters. The first-order valence-corrected chi connectivity index (χ1v) is 5.16. The van der Waals surface area contributed by atoms with Gasteiger partial charge in [-0.15, -0.1) is 0 Å². The monoisotopic (exact) mass is 192 g/mol. The van der Waals surface area contributed by atoms with E-state index in [0.717, 1.165) is 18.7 Å². The van der Waals surface area contributed by atoms with Crippen LogP contribution in [0.3, 0.4) is 0 Å². The molecule has 1 saturated heterocycles. The van der Waals surface area contributed by atoms with Gasteiger partial charge in [-0.2, -0.15) is 0 Å². The predicted octanol–water partition coefficient (Wildman–Crippen LogP) is 0.868. The summed E-state index contributed by atoms with van der Waals surface area (Å²) in [5.74, 6) is 0. The molecule has 2 N–H and O–H groups in total. The van der Waals surface area contributed by atoms with Crippen molar-refractivity contribution in [1.29, 1.82) is 0 Å². The molecular weight excluding hydrogens is 176 g/mol. The fourth-order valence-electron chi connectivity index (χ4n) is 1.96. The van der Waals surface area contributed by atoms with Gasteiger partial charge in [-0.1, -0.05) is 0 Å². The smallest absolute Gasteiger partial charge is 0.0853 e. The first kappa shape index (κ1) is 9.62. The Bertz CT molecular complexity index is 295. The summed E-state index contributed by atoms with van der Waals surface area (Å²) < 4.78 is 0. The lowest BCUT2D eigenvalue weighted by atomic mass is 10.1. The Morgan fingerprint density at radius 3 is 3.21 bits per heavy atom. The Balaban J connectivity index is 2.00. The summed E-state index contributed by atoms with van der Waals surface area (Å²) in [4.78, 5) is 4.06. The van der Waals surface area contributed by atoms with Crippen LogP contribution in [0.15, 0.2) is 18.3 Å². The van der Waals surface area contributed by atoms with E-state index in [4.69, 9.17) is 5.11 Å². The van der Waals surface area contributed by atoms with Gasteiger partial charge in [-0.3, -0.25) is 4.98 Å². The number of pyridine rings is 1. The number of hydrogen-bond acceptors (Lipinski definition) is 3. The lowest BCUT2D eigenvalue weighted by molar-refractivity contribution is 0.276. The molecule has 0 aromatic carbocycles. The van der Waals surface area contributed by atoms with E-state index in [1.54, 1.807) is 6.20 Å². The number of aliphatic hydroxyl groups excluding tert-OH is 1. The zero-order valence-electron chi connectivity index (χ0n) is 8.24. The van der Waals surface area contributed by atoms with Crippen molar-refractivity contribution in [3.63, 3.8) is 0 Å². The third-order valence-electron chi connectivity index (χ3n) is 2.69. The first-order valence-electron chi connectivity index (χ1n) is 5.16. The van der Waals surface area contributed by atoms with Crippen LogP contribution >= 0.6 is 0 Å². The molecule has 3 nitrogen and oxygen atoms in total. The Morgan fingerprint density at radius 2 is 2.50 bits per heavy atom. The van der Waals surface area contributed by atoms with Crippen molar-refractivity contribution in [2.75, 3.05) is 6.54 Å². The Kier molecular flexibility index (Phi) is 3.11. The zero-order chi connectivity index (χ0) is 9.80. The van der Waals surface area contributed by atoms with Crippen LogP contribution in [-0.4, -0.2) is 22.7 Å². The quantitative estimate of drug-likeness (QED) is 0.747. The minimum Gasteiger partial charge on any atom is -0.390 e. The molecule has 1 aromatic rings. The highest BCUT2D eigenvalue weighted by Crippen LogP contribution is 2.12. The second-order valence-electron chi connectivity index (χ2n) is 3.81. The van der Waals surface area contributed by atoms with Gasteiger partial charge in [0.1, 0.15) is 0 Å². The maximum atomic E-state index is 8.94. The van der Waals surface area contributed by atoms with Crippen LogP contribution in [0.25, 0.3) is 0 Å². The van der Waals surface area contributed by atoms with E-state index >= 15 is 0 Å². The van der Waals surface area contributed by atoms with Crippen molar-refractivity contribution >= 4 is 0 Å². The fraction of sp³-hybridized carbons (Fsp3) is 0.545. The molecule has 1 aliphatic heterocycles. The van der Waals surface area contributed by atoms with Crippen LogP contribution in [0.4, 0.5) is 0 Å². The van der Waals surface area contributed by atoms with Gasteiger partial charge < -0.3 is 10.4 Å². The van der Waals surface area contributed by atoms with E-state index < -0.39 is 0 Å². The molecule has 1 atom stereocenters. The van der Waals surface area contributed by atoms with Crippen LogP contribution in [0.5, 0.6) is 0 Å². The molecule has 2 rings (SSSR count). The topological polar surface area (TPSA) is 45.1 Å². The maximum absolute atomic E-state index is 8.94. The van der Waals surface area contributed by atoms with E-state index in [1.165, 1.54) is 18.4 Å². The molecule has 2 heterocycles. The lowest BCUT2D eigenvalue weighted by Gasteiger charge is -2.10. The number of aliphatic hydroxyl groups is 1. The summed E-state index contributed by atoms with van der Waals surface area (Å²) in [6.45, 7) is 1.18. The highest BCUT2D eigenvalue weighted by atomic mass is 16.3. The van der Waals surface area contributed by atoms with Gasteiger partial charge >= 0.3 is 0 Å². The molecule has 1 aromatic heterocycles. The minimum absolute atomic E-state index is 0.0337. The number of nitrogens with one attached hydrogen (secondary N) is 1. The van der Waals surface area contributed by atoms with Crippen LogP contribution in [0, 0.1) is 0 Å². The van der Waals surface area contributed by atoms with Crippen molar-refractivity contribution in [3.05, 3.63) is 29.6 Å². The zero-order valence-corrected chi connectivity index (χ0v) is 8.24. The lowest BCUT2D eigenvalue weighted by Crippen LogP contribution is -2.23. The molecule has 0 radical (unpaired) electrons. The summed E-state index contributed by atoms with van der Waals surface area (Å²) in [5.41, 5.74) is 2.03. The van der Waals surface area contributed by atoms with E-state index in [0.29, 0.717) is 6.04 Å². The minimum atomic E-state index is 0.0337. The summed E-state index contributed by atoms with van der Waals surface area (Å²) >= 11 is 0. The SMILES string of the molecule is OCc1cc(CC2CCCN2)ccn1. The molecule has 76 valence electrons. The van der Waals surface area contributed by atoms with Crippen LogP contribution < -0.4 is 5.32 Å². The number of aromatic nitrogens is 1. The van der Waals surface area contributed by atoms with Crippen molar-refractivity contribution in [2.45, 2.75) is 31.9 Å². The van der Waals surface area contributed by atoms with Gasteiger partial charge in [0.15, 0.2) is 0 Å². The van der Waals surface area contributed by atoms with Gasteiger partial charge in [0, 0.05) is 12.2 Å². The molecule has 1 aliphatic rings. The highest BCUT2D eigenvalue weighted by molar-refractivity contribution is 5.17. The third kappa shape index (κ3) is 2.30. The van der Waals surface area contributed by atoms with Crippen molar-refractivity contribution in [1.82, 2.24) is 10.3 Å². The Labute approximate surface area is 84.2 Å². The Hall–Kier alpha value is -0.930. The number of rotatable bonds is 3. The molecule has 3 heteroatoms. The molecule has 0 amide bonds. The second kappa shape index (κ2) is 4.53. The normalized spacial score (nSPS) is 21.4. The molecular formula is C11H16N2O. The van der Waals surface area contributed by atoms with Crippen molar-refractivity contribution in [2.24, 2.45) is 0 Å². The summed E-state index contributed by atoms with van der Waals surface area (Å²) in [6.07, 6.45) is 5.37. The van der Waals surface area contributed by atoms with Crippen molar-refractivity contribution in [3.8, 4) is 0 Å². The average Bonchev–Trinajstić information content (AvgIpc) is 2.71. The third-order valence-corrected chi connectivity index (χ3v) is 2.69. The molecule has 1 fully saturated rings.